The van der Waals surface area contributed by atoms with Crippen LogP contribution in [0.4, 0.5) is 8.78 Å². The van der Waals surface area contributed by atoms with E-state index in [1.807, 2.05) is 0 Å². The minimum Gasteiger partial charge on any atom is -0.464 e. The number of pyridine rings is 1. The zero-order chi connectivity index (χ0) is 11.4. The lowest BCUT2D eigenvalue weighted by Crippen LogP contribution is -2.07. The third kappa shape index (κ3) is 3.02. The highest BCUT2D eigenvalue weighted by Crippen LogP contribution is 2.21. The Bertz CT molecular complexity index is 373. The number of nitrogens with zero attached hydrogens (tertiary/aromatic N) is 1. The Labute approximate surface area is 88.8 Å². The van der Waals surface area contributed by atoms with E-state index in [-0.39, 0.29) is 16.5 Å². The lowest BCUT2D eigenvalue weighted by Gasteiger charge is -2.05. The summed E-state index contributed by atoms with van der Waals surface area (Å²) >= 11 is 5.60. The predicted octanol–water partition coefficient (Wildman–Crippen LogP) is 2.12. The van der Waals surface area contributed by atoms with Crippen molar-refractivity contribution in [3.8, 4) is 5.75 Å². The van der Waals surface area contributed by atoms with Crippen molar-refractivity contribution in [2.24, 2.45) is 0 Å². The molecule has 0 aromatic carbocycles. The van der Waals surface area contributed by atoms with Gasteiger partial charge in [0.15, 0.2) is 5.69 Å². The number of rotatable bonds is 3. The molecule has 0 saturated carbocycles. The van der Waals surface area contributed by atoms with Crippen LogP contribution in [0.25, 0.3) is 0 Å². The summed E-state index contributed by atoms with van der Waals surface area (Å²) in [6, 6.07) is 1.06. The molecular formula is C8H6ClF2NO3. The summed E-state index contributed by atoms with van der Waals surface area (Å²) in [7, 11) is 1.16. The molecule has 0 radical (unpaired) electrons. The first-order valence-corrected chi connectivity index (χ1v) is 4.11. The maximum atomic E-state index is 11.8. The maximum absolute atomic E-state index is 11.8. The Kier molecular flexibility index (Phi) is 3.79. The average molecular weight is 238 g/mol. The number of carbonyl (C=O) groups excluding carboxylic acids is 1. The van der Waals surface area contributed by atoms with E-state index in [0.29, 0.717) is 0 Å². The van der Waals surface area contributed by atoms with Crippen LogP contribution in [0.1, 0.15) is 10.5 Å². The molecule has 0 amide bonds. The van der Waals surface area contributed by atoms with Gasteiger partial charge in [-0.15, -0.1) is 0 Å². The summed E-state index contributed by atoms with van der Waals surface area (Å²) in [4.78, 5) is 14.5. The van der Waals surface area contributed by atoms with Crippen LogP contribution in [-0.4, -0.2) is 24.7 Å². The van der Waals surface area contributed by atoms with E-state index in [1.165, 1.54) is 0 Å². The summed E-state index contributed by atoms with van der Waals surface area (Å²) in [6.07, 6.45) is 0.963. The largest absolute Gasteiger partial charge is 0.464 e. The molecule has 1 aromatic rings. The SMILES string of the molecule is COC(=O)c1ncc(OC(F)F)cc1Cl. The molecule has 0 atom stereocenters. The predicted molar refractivity (Wildman–Crippen MR) is 47.2 cm³/mol. The van der Waals surface area contributed by atoms with Gasteiger partial charge in [-0.3, -0.25) is 0 Å². The molecule has 82 valence electrons. The van der Waals surface area contributed by atoms with Crippen molar-refractivity contribution in [2.75, 3.05) is 7.11 Å². The Morgan fingerprint density at radius 1 is 1.60 bits per heavy atom. The first kappa shape index (κ1) is 11.6. The highest BCUT2D eigenvalue weighted by molar-refractivity contribution is 6.33. The third-order valence-corrected chi connectivity index (χ3v) is 1.71. The molecule has 0 aliphatic rings. The van der Waals surface area contributed by atoms with Gasteiger partial charge < -0.3 is 9.47 Å². The third-order valence-electron chi connectivity index (χ3n) is 1.42. The number of alkyl halides is 2. The molecule has 4 nitrogen and oxygen atoms in total. The first-order chi connectivity index (χ1) is 7.04. The van der Waals surface area contributed by atoms with Gasteiger partial charge in [0, 0.05) is 6.07 Å². The molecule has 0 saturated heterocycles. The van der Waals surface area contributed by atoms with E-state index in [0.717, 1.165) is 19.4 Å². The smallest absolute Gasteiger partial charge is 0.387 e. The molecule has 1 aromatic heterocycles. The number of ether oxygens (including phenoxy) is 2. The van der Waals surface area contributed by atoms with Crippen LogP contribution in [0.3, 0.4) is 0 Å². The molecule has 0 aliphatic carbocycles. The summed E-state index contributed by atoms with van der Waals surface area (Å²) in [6.45, 7) is -2.97. The number of carbonyl (C=O) groups is 1. The first-order valence-electron chi connectivity index (χ1n) is 3.73. The fourth-order valence-corrected chi connectivity index (χ4v) is 1.07. The van der Waals surface area contributed by atoms with Crippen LogP contribution in [0.15, 0.2) is 12.3 Å². The number of hydrogen-bond donors (Lipinski definition) is 0. The molecule has 0 fully saturated rings. The molecule has 1 heterocycles. The van der Waals surface area contributed by atoms with Crippen molar-refractivity contribution in [3.63, 3.8) is 0 Å². The average Bonchev–Trinajstić information content (AvgIpc) is 2.16. The topological polar surface area (TPSA) is 48.4 Å². The number of aromatic nitrogens is 1. The van der Waals surface area contributed by atoms with Crippen molar-refractivity contribution in [1.29, 1.82) is 0 Å². The number of methoxy groups -OCH3 is 1. The second-order valence-electron chi connectivity index (χ2n) is 2.37. The van der Waals surface area contributed by atoms with Crippen LogP contribution < -0.4 is 4.74 Å². The van der Waals surface area contributed by atoms with E-state index < -0.39 is 12.6 Å². The number of hydrogen-bond acceptors (Lipinski definition) is 4. The van der Waals surface area contributed by atoms with Crippen molar-refractivity contribution < 1.29 is 23.0 Å². The minimum atomic E-state index is -2.97. The highest BCUT2D eigenvalue weighted by Gasteiger charge is 2.14. The van der Waals surface area contributed by atoms with Gasteiger partial charge in [-0.25, -0.2) is 9.78 Å². The molecule has 0 bridgehead atoms. The number of esters is 1. The van der Waals surface area contributed by atoms with Crippen LogP contribution in [0.5, 0.6) is 5.75 Å². The molecule has 0 spiro atoms. The molecular weight excluding hydrogens is 232 g/mol. The highest BCUT2D eigenvalue weighted by atomic mass is 35.5. The van der Waals surface area contributed by atoms with Crippen LogP contribution in [0, 0.1) is 0 Å². The van der Waals surface area contributed by atoms with E-state index in [9.17, 15) is 13.6 Å². The van der Waals surface area contributed by atoms with Crippen molar-refractivity contribution in [1.82, 2.24) is 4.98 Å². The van der Waals surface area contributed by atoms with Crippen molar-refractivity contribution >= 4 is 17.6 Å². The van der Waals surface area contributed by atoms with Gasteiger partial charge in [0.25, 0.3) is 0 Å². The van der Waals surface area contributed by atoms with E-state index >= 15 is 0 Å². The second-order valence-corrected chi connectivity index (χ2v) is 2.78. The Morgan fingerprint density at radius 3 is 2.73 bits per heavy atom. The van der Waals surface area contributed by atoms with E-state index in [1.54, 1.807) is 0 Å². The zero-order valence-corrected chi connectivity index (χ0v) is 8.29. The quantitative estimate of drug-likeness (QED) is 0.756. The van der Waals surface area contributed by atoms with Crippen LogP contribution in [-0.2, 0) is 4.74 Å². The summed E-state index contributed by atoms with van der Waals surface area (Å²) < 4.78 is 32.0. The van der Waals surface area contributed by atoms with E-state index in [2.05, 4.69) is 14.5 Å². The van der Waals surface area contributed by atoms with Gasteiger partial charge in [0.2, 0.25) is 0 Å². The summed E-state index contributed by atoms with van der Waals surface area (Å²) in [5.74, 6) is -0.966. The summed E-state index contributed by atoms with van der Waals surface area (Å²) in [5.41, 5.74) is -0.152. The molecule has 7 heteroatoms. The minimum absolute atomic E-state index is 0.111. The summed E-state index contributed by atoms with van der Waals surface area (Å²) in [5, 5.41) is -0.111. The van der Waals surface area contributed by atoms with Crippen LogP contribution >= 0.6 is 11.6 Å². The van der Waals surface area contributed by atoms with Gasteiger partial charge in [0.1, 0.15) is 5.75 Å². The second kappa shape index (κ2) is 4.88. The van der Waals surface area contributed by atoms with Gasteiger partial charge in [-0.2, -0.15) is 8.78 Å². The molecule has 0 unspecified atom stereocenters. The molecule has 1 rings (SSSR count). The van der Waals surface area contributed by atoms with Gasteiger partial charge in [-0.1, -0.05) is 11.6 Å². The Balaban J connectivity index is 2.93. The zero-order valence-electron chi connectivity index (χ0n) is 7.54. The van der Waals surface area contributed by atoms with E-state index in [4.69, 9.17) is 11.6 Å². The molecule has 0 aliphatic heterocycles. The van der Waals surface area contributed by atoms with Crippen molar-refractivity contribution in [3.05, 3.63) is 23.0 Å². The van der Waals surface area contributed by atoms with Crippen molar-refractivity contribution in [2.45, 2.75) is 6.61 Å². The van der Waals surface area contributed by atoms with Gasteiger partial charge in [-0.05, 0) is 0 Å². The fourth-order valence-electron chi connectivity index (χ4n) is 0.835. The van der Waals surface area contributed by atoms with Gasteiger partial charge >= 0.3 is 12.6 Å². The monoisotopic (exact) mass is 237 g/mol. The number of halogens is 3. The lowest BCUT2D eigenvalue weighted by molar-refractivity contribution is -0.0500. The Hall–Kier alpha value is -1.43. The standard InChI is InChI=1S/C8H6ClF2NO3/c1-14-7(13)6-5(9)2-4(3-12-6)15-8(10)11/h2-3,8H,1H3. The Morgan fingerprint density at radius 2 is 2.27 bits per heavy atom. The van der Waals surface area contributed by atoms with Crippen LogP contribution in [0.2, 0.25) is 5.02 Å². The maximum Gasteiger partial charge on any atom is 0.387 e. The van der Waals surface area contributed by atoms with Gasteiger partial charge in [0.05, 0.1) is 18.3 Å². The lowest BCUT2D eigenvalue weighted by atomic mass is 10.3. The molecule has 15 heavy (non-hydrogen) atoms. The normalized spacial score (nSPS) is 10.2. The fraction of sp³-hybridized carbons (Fsp3) is 0.250. The molecule has 0 N–H and O–H groups in total.